The van der Waals surface area contributed by atoms with Crippen molar-refractivity contribution in [3.63, 3.8) is 0 Å². The third kappa shape index (κ3) is 2.75. The summed E-state index contributed by atoms with van der Waals surface area (Å²) in [7, 11) is -3.34. The van der Waals surface area contributed by atoms with Crippen molar-refractivity contribution in [3.05, 3.63) is 50.8 Å². The monoisotopic (exact) mass is 306 g/mol. The van der Waals surface area contributed by atoms with Crippen molar-refractivity contribution >= 4 is 9.84 Å². The number of aromatic nitrogens is 3. The number of aromatic amines is 1. The van der Waals surface area contributed by atoms with Crippen molar-refractivity contribution in [2.24, 2.45) is 0 Å². The lowest BCUT2D eigenvalue weighted by atomic mass is 10.3. The van der Waals surface area contributed by atoms with E-state index in [4.69, 9.17) is 5.26 Å². The summed E-state index contributed by atoms with van der Waals surface area (Å²) in [5.74, 6) is -0.0399. The SMILES string of the molecule is CCS(=O)(=O)c1ccc(-n2nc(C#N)c(=O)[nH]c2=O)cc1. The second-order valence-electron chi connectivity index (χ2n) is 4.03. The number of hydrogen-bond donors (Lipinski definition) is 1. The number of hydrogen-bond acceptors (Lipinski definition) is 6. The van der Waals surface area contributed by atoms with Gasteiger partial charge in [-0.2, -0.15) is 9.94 Å². The highest BCUT2D eigenvalue weighted by atomic mass is 32.2. The molecular formula is C12H10N4O4S. The fourth-order valence-electron chi connectivity index (χ4n) is 1.61. The maximum Gasteiger partial charge on any atom is 0.349 e. The highest BCUT2D eigenvalue weighted by Crippen LogP contribution is 2.13. The van der Waals surface area contributed by atoms with Gasteiger partial charge in [0.15, 0.2) is 9.84 Å². The van der Waals surface area contributed by atoms with Gasteiger partial charge in [0.05, 0.1) is 16.3 Å². The van der Waals surface area contributed by atoms with Gasteiger partial charge < -0.3 is 0 Å². The summed E-state index contributed by atoms with van der Waals surface area (Å²) < 4.78 is 24.2. The number of nitrogens with one attached hydrogen (secondary N) is 1. The smallest absolute Gasteiger partial charge is 0.270 e. The molecule has 1 aromatic carbocycles. The minimum absolute atomic E-state index is 0.0399. The highest BCUT2D eigenvalue weighted by molar-refractivity contribution is 7.91. The second kappa shape index (κ2) is 5.34. The van der Waals surface area contributed by atoms with Gasteiger partial charge in [-0.1, -0.05) is 6.92 Å². The van der Waals surface area contributed by atoms with E-state index in [0.717, 1.165) is 4.68 Å². The summed E-state index contributed by atoms with van der Waals surface area (Å²) in [6.07, 6.45) is 0. The van der Waals surface area contributed by atoms with Crippen molar-refractivity contribution in [1.29, 1.82) is 5.26 Å². The van der Waals surface area contributed by atoms with Crippen LogP contribution in [0.15, 0.2) is 38.8 Å². The Balaban J connectivity index is 2.57. The van der Waals surface area contributed by atoms with Gasteiger partial charge >= 0.3 is 5.69 Å². The Kier molecular flexibility index (Phi) is 3.73. The van der Waals surface area contributed by atoms with Crippen molar-refractivity contribution in [3.8, 4) is 11.8 Å². The summed E-state index contributed by atoms with van der Waals surface area (Å²) in [5, 5.41) is 12.4. The van der Waals surface area contributed by atoms with E-state index in [-0.39, 0.29) is 16.3 Å². The Morgan fingerprint density at radius 1 is 1.29 bits per heavy atom. The molecule has 0 aliphatic rings. The van der Waals surface area contributed by atoms with E-state index in [1.165, 1.54) is 31.2 Å². The highest BCUT2D eigenvalue weighted by Gasteiger charge is 2.12. The van der Waals surface area contributed by atoms with Gasteiger partial charge in [-0.3, -0.25) is 9.78 Å². The van der Waals surface area contributed by atoms with Crippen LogP contribution >= 0.6 is 0 Å². The molecule has 108 valence electrons. The first-order chi connectivity index (χ1) is 9.89. The van der Waals surface area contributed by atoms with Gasteiger partial charge in [0.25, 0.3) is 5.56 Å². The number of H-pyrrole nitrogens is 1. The molecule has 0 unspecified atom stereocenters. The molecule has 0 spiro atoms. The Morgan fingerprint density at radius 3 is 2.43 bits per heavy atom. The van der Waals surface area contributed by atoms with Crippen LogP contribution in [0.3, 0.4) is 0 Å². The molecule has 0 amide bonds. The summed E-state index contributed by atoms with van der Waals surface area (Å²) >= 11 is 0. The van der Waals surface area contributed by atoms with E-state index < -0.39 is 26.8 Å². The maximum absolute atomic E-state index is 11.7. The van der Waals surface area contributed by atoms with Gasteiger partial charge in [0.2, 0.25) is 5.69 Å². The zero-order valence-electron chi connectivity index (χ0n) is 10.9. The molecule has 0 bridgehead atoms. The van der Waals surface area contributed by atoms with Crippen molar-refractivity contribution in [2.75, 3.05) is 5.75 Å². The summed E-state index contributed by atoms with van der Waals surface area (Å²) in [4.78, 5) is 25.0. The van der Waals surface area contributed by atoms with Crippen molar-refractivity contribution < 1.29 is 8.42 Å². The van der Waals surface area contributed by atoms with Crippen molar-refractivity contribution in [2.45, 2.75) is 11.8 Å². The first-order valence-electron chi connectivity index (χ1n) is 5.86. The van der Waals surface area contributed by atoms with E-state index in [0.29, 0.717) is 0 Å². The number of sulfone groups is 1. The molecule has 0 aliphatic heterocycles. The standard InChI is InChI=1S/C12H10N4O4S/c1-2-21(19,20)9-5-3-8(4-6-9)16-12(18)14-11(17)10(7-13)15-16/h3-6H,2H2,1H3,(H,14,17,18). The molecule has 1 aromatic heterocycles. The molecule has 1 heterocycles. The van der Waals surface area contributed by atoms with E-state index in [9.17, 15) is 18.0 Å². The van der Waals surface area contributed by atoms with Gasteiger partial charge in [-0.15, -0.1) is 5.10 Å². The number of nitrogens with zero attached hydrogens (tertiary/aromatic N) is 3. The minimum atomic E-state index is -3.34. The van der Waals surface area contributed by atoms with Crippen LogP contribution in [0.1, 0.15) is 12.6 Å². The molecule has 0 fully saturated rings. The van der Waals surface area contributed by atoms with E-state index in [2.05, 4.69) is 5.10 Å². The zero-order chi connectivity index (χ0) is 15.6. The molecule has 8 nitrogen and oxygen atoms in total. The van der Waals surface area contributed by atoms with Crippen LogP contribution in [0.2, 0.25) is 0 Å². The maximum atomic E-state index is 11.7. The van der Waals surface area contributed by atoms with E-state index in [1.807, 2.05) is 4.98 Å². The van der Waals surface area contributed by atoms with Crippen molar-refractivity contribution in [1.82, 2.24) is 14.8 Å². The van der Waals surface area contributed by atoms with Crippen LogP contribution in [0.4, 0.5) is 0 Å². The average molecular weight is 306 g/mol. The molecule has 0 saturated heterocycles. The topological polar surface area (TPSA) is 126 Å². The third-order valence-corrected chi connectivity index (χ3v) is 4.50. The fraction of sp³-hybridized carbons (Fsp3) is 0.167. The van der Waals surface area contributed by atoms with Crippen LogP contribution in [0.25, 0.3) is 5.69 Å². The Labute approximate surface area is 119 Å². The van der Waals surface area contributed by atoms with Gasteiger partial charge in [-0.05, 0) is 24.3 Å². The number of rotatable bonds is 3. The number of nitriles is 1. The molecule has 2 rings (SSSR count). The van der Waals surface area contributed by atoms with Crippen LogP contribution in [-0.2, 0) is 9.84 Å². The zero-order valence-corrected chi connectivity index (χ0v) is 11.7. The molecule has 0 radical (unpaired) electrons. The Bertz CT molecular complexity index is 933. The van der Waals surface area contributed by atoms with Crippen LogP contribution < -0.4 is 11.2 Å². The third-order valence-electron chi connectivity index (χ3n) is 2.75. The average Bonchev–Trinajstić information content (AvgIpc) is 2.47. The number of benzene rings is 1. The molecule has 0 aliphatic carbocycles. The predicted molar refractivity (Wildman–Crippen MR) is 72.9 cm³/mol. The first-order valence-corrected chi connectivity index (χ1v) is 7.51. The van der Waals surface area contributed by atoms with Crippen LogP contribution in [-0.4, -0.2) is 28.9 Å². The lowest BCUT2D eigenvalue weighted by molar-refractivity contribution is 0.597. The quantitative estimate of drug-likeness (QED) is 0.821. The summed E-state index contributed by atoms with van der Waals surface area (Å²) in [6.45, 7) is 1.52. The minimum Gasteiger partial charge on any atom is -0.270 e. The lowest BCUT2D eigenvalue weighted by Gasteiger charge is -2.05. The molecule has 0 saturated carbocycles. The molecule has 1 N–H and O–H groups in total. The Morgan fingerprint density at radius 2 is 1.90 bits per heavy atom. The molecular weight excluding hydrogens is 296 g/mol. The molecule has 0 atom stereocenters. The fourth-order valence-corrected chi connectivity index (χ4v) is 2.49. The summed E-state index contributed by atoms with van der Waals surface area (Å²) in [6, 6.07) is 6.98. The Hall–Kier alpha value is -2.73. The molecule has 21 heavy (non-hydrogen) atoms. The lowest BCUT2D eigenvalue weighted by Crippen LogP contribution is -2.33. The van der Waals surface area contributed by atoms with Gasteiger partial charge in [-0.25, -0.2) is 13.2 Å². The van der Waals surface area contributed by atoms with Crippen LogP contribution in [0, 0.1) is 11.3 Å². The van der Waals surface area contributed by atoms with E-state index in [1.54, 1.807) is 6.07 Å². The second-order valence-corrected chi connectivity index (χ2v) is 6.31. The predicted octanol–water partition coefficient (Wildman–Crippen LogP) is -0.414. The first kappa shape index (κ1) is 14.7. The normalized spacial score (nSPS) is 11.0. The van der Waals surface area contributed by atoms with Crippen LogP contribution in [0.5, 0.6) is 0 Å². The van der Waals surface area contributed by atoms with E-state index >= 15 is 0 Å². The molecule has 9 heteroatoms. The summed E-state index contributed by atoms with van der Waals surface area (Å²) in [5.41, 5.74) is -1.91. The van der Waals surface area contributed by atoms with Gasteiger partial charge in [0.1, 0.15) is 6.07 Å². The molecule has 2 aromatic rings. The largest absolute Gasteiger partial charge is 0.349 e. The van der Waals surface area contributed by atoms with Gasteiger partial charge in [0, 0.05) is 0 Å².